The van der Waals surface area contributed by atoms with E-state index in [1.807, 2.05) is 30.8 Å². The summed E-state index contributed by atoms with van der Waals surface area (Å²) in [6.07, 6.45) is 6.16. The van der Waals surface area contributed by atoms with Crippen LogP contribution < -0.4 is 5.32 Å². The van der Waals surface area contributed by atoms with Crippen molar-refractivity contribution in [2.75, 3.05) is 6.54 Å². The SMILES string of the molecule is CC(C)=CC(=O)NCCCn1cccn1. The lowest BCUT2D eigenvalue weighted by atomic mass is 10.3. The summed E-state index contributed by atoms with van der Waals surface area (Å²) in [7, 11) is 0. The summed E-state index contributed by atoms with van der Waals surface area (Å²) in [5.41, 5.74) is 1.01. The summed E-state index contributed by atoms with van der Waals surface area (Å²) >= 11 is 0. The van der Waals surface area contributed by atoms with Gasteiger partial charge in [-0.1, -0.05) is 5.57 Å². The molecule has 0 aromatic carbocycles. The smallest absolute Gasteiger partial charge is 0.243 e. The molecule has 0 atom stereocenters. The van der Waals surface area contributed by atoms with Gasteiger partial charge in [0, 0.05) is 31.6 Å². The van der Waals surface area contributed by atoms with Crippen LogP contribution in [0.3, 0.4) is 0 Å². The molecule has 0 aliphatic carbocycles. The minimum Gasteiger partial charge on any atom is -0.352 e. The molecule has 1 amide bonds. The monoisotopic (exact) mass is 207 g/mol. The van der Waals surface area contributed by atoms with Crippen LogP contribution in [-0.2, 0) is 11.3 Å². The molecular weight excluding hydrogens is 190 g/mol. The van der Waals surface area contributed by atoms with Crippen LogP contribution in [0.2, 0.25) is 0 Å². The number of aryl methyl sites for hydroxylation is 1. The van der Waals surface area contributed by atoms with Crippen LogP contribution in [-0.4, -0.2) is 22.2 Å². The Morgan fingerprint density at radius 3 is 2.93 bits per heavy atom. The lowest BCUT2D eigenvalue weighted by molar-refractivity contribution is -0.116. The largest absolute Gasteiger partial charge is 0.352 e. The molecular formula is C11H17N3O. The van der Waals surface area contributed by atoms with Crippen LogP contribution in [0.4, 0.5) is 0 Å². The van der Waals surface area contributed by atoms with Crippen LogP contribution in [0.15, 0.2) is 30.1 Å². The third kappa shape index (κ3) is 5.00. The average Bonchev–Trinajstić information content (AvgIpc) is 2.63. The van der Waals surface area contributed by atoms with E-state index in [1.54, 1.807) is 12.3 Å². The predicted molar refractivity (Wildman–Crippen MR) is 59.3 cm³/mol. The van der Waals surface area contributed by atoms with E-state index in [-0.39, 0.29) is 5.91 Å². The third-order valence-corrected chi connectivity index (χ3v) is 1.84. The van der Waals surface area contributed by atoms with Gasteiger partial charge in [0.05, 0.1) is 0 Å². The number of hydrogen-bond donors (Lipinski definition) is 1. The zero-order valence-electron chi connectivity index (χ0n) is 9.23. The summed E-state index contributed by atoms with van der Waals surface area (Å²) in [4.78, 5) is 11.2. The summed E-state index contributed by atoms with van der Waals surface area (Å²) < 4.78 is 1.85. The first-order valence-corrected chi connectivity index (χ1v) is 5.08. The quantitative estimate of drug-likeness (QED) is 0.585. The van der Waals surface area contributed by atoms with Gasteiger partial charge in [0.15, 0.2) is 0 Å². The average molecular weight is 207 g/mol. The van der Waals surface area contributed by atoms with Crippen LogP contribution in [0.5, 0.6) is 0 Å². The van der Waals surface area contributed by atoms with Crippen molar-refractivity contribution in [2.24, 2.45) is 0 Å². The number of nitrogens with zero attached hydrogens (tertiary/aromatic N) is 2. The second kappa shape index (κ2) is 6.01. The molecule has 0 bridgehead atoms. The number of allylic oxidation sites excluding steroid dienone is 1. The highest BCUT2D eigenvalue weighted by atomic mass is 16.1. The van der Waals surface area contributed by atoms with E-state index in [1.165, 1.54) is 0 Å². The van der Waals surface area contributed by atoms with Crippen molar-refractivity contribution in [1.82, 2.24) is 15.1 Å². The normalized spacial score (nSPS) is 9.73. The van der Waals surface area contributed by atoms with Crippen LogP contribution in [0.1, 0.15) is 20.3 Å². The molecule has 0 saturated heterocycles. The Labute approximate surface area is 90.0 Å². The predicted octanol–water partition coefficient (Wildman–Crippen LogP) is 1.36. The summed E-state index contributed by atoms with van der Waals surface area (Å²) in [6, 6.07) is 1.89. The van der Waals surface area contributed by atoms with Crippen LogP contribution >= 0.6 is 0 Å². The highest BCUT2D eigenvalue weighted by Crippen LogP contribution is 1.89. The second-order valence-electron chi connectivity index (χ2n) is 3.64. The van der Waals surface area contributed by atoms with E-state index in [4.69, 9.17) is 0 Å². The maximum atomic E-state index is 11.2. The van der Waals surface area contributed by atoms with Gasteiger partial charge < -0.3 is 5.32 Å². The first kappa shape index (κ1) is 11.5. The van der Waals surface area contributed by atoms with Gasteiger partial charge in [0.2, 0.25) is 5.91 Å². The highest BCUT2D eigenvalue weighted by Gasteiger charge is 1.95. The number of aromatic nitrogens is 2. The maximum absolute atomic E-state index is 11.2. The van der Waals surface area contributed by atoms with Crippen molar-refractivity contribution in [3.8, 4) is 0 Å². The number of hydrogen-bond acceptors (Lipinski definition) is 2. The number of carbonyl (C=O) groups is 1. The van der Waals surface area contributed by atoms with E-state index in [9.17, 15) is 4.79 Å². The molecule has 0 saturated carbocycles. The minimum atomic E-state index is -0.0181. The van der Waals surface area contributed by atoms with Gasteiger partial charge >= 0.3 is 0 Å². The van der Waals surface area contributed by atoms with E-state index in [0.29, 0.717) is 6.54 Å². The molecule has 0 aliphatic heterocycles. The lowest BCUT2D eigenvalue weighted by Crippen LogP contribution is -2.23. The van der Waals surface area contributed by atoms with Crippen molar-refractivity contribution in [3.63, 3.8) is 0 Å². The van der Waals surface area contributed by atoms with Gasteiger partial charge in [-0.2, -0.15) is 5.10 Å². The Morgan fingerprint density at radius 1 is 1.53 bits per heavy atom. The molecule has 0 radical (unpaired) electrons. The molecule has 15 heavy (non-hydrogen) atoms. The molecule has 0 unspecified atom stereocenters. The molecule has 1 aromatic rings. The fourth-order valence-electron chi connectivity index (χ4n) is 1.20. The van der Waals surface area contributed by atoms with Gasteiger partial charge in [0.1, 0.15) is 0 Å². The van der Waals surface area contributed by atoms with Crippen molar-refractivity contribution in [1.29, 1.82) is 0 Å². The molecule has 0 fully saturated rings. The van der Waals surface area contributed by atoms with Gasteiger partial charge in [-0.25, -0.2) is 0 Å². The van der Waals surface area contributed by atoms with Crippen molar-refractivity contribution >= 4 is 5.91 Å². The first-order chi connectivity index (χ1) is 7.18. The lowest BCUT2D eigenvalue weighted by Gasteiger charge is -2.03. The summed E-state index contributed by atoms with van der Waals surface area (Å²) in [6.45, 7) is 5.33. The summed E-state index contributed by atoms with van der Waals surface area (Å²) in [5.74, 6) is -0.0181. The van der Waals surface area contributed by atoms with Gasteiger partial charge in [-0.15, -0.1) is 0 Å². The van der Waals surface area contributed by atoms with Crippen LogP contribution in [0, 0.1) is 0 Å². The molecule has 0 aliphatic rings. The van der Waals surface area contributed by atoms with Crippen LogP contribution in [0.25, 0.3) is 0 Å². The van der Waals surface area contributed by atoms with Gasteiger partial charge in [-0.3, -0.25) is 9.48 Å². The molecule has 1 rings (SSSR count). The van der Waals surface area contributed by atoms with E-state index < -0.39 is 0 Å². The molecule has 0 spiro atoms. The standard InChI is InChI=1S/C11H17N3O/c1-10(2)9-11(15)12-5-3-7-14-8-4-6-13-14/h4,6,8-9H,3,5,7H2,1-2H3,(H,12,15). The number of carbonyl (C=O) groups excluding carboxylic acids is 1. The molecule has 4 nitrogen and oxygen atoms in total. The zero-order chi connectivity index (χ0) is 11.1. The Kier molecular flexibility index (Phi) is 4.60. The van der Waals surface area contributed by atoms with Gasteiger partial charge in [0.25, 0.3) is 0 Å². The van der Waals surface area contributed by atoms with Crippen molar-refractivity contribution in [3.05, 3.63) is 30.1 Å². The Balaban J connectivity index is 2.12. The van der Waals surface area contributed by atoms with Gasteiger partial charge in [-0.05, 0) is 26.3 Å². The zero-order valence-corrected chi connectivity index (χ0v) is 9.23. The van der Waals surface area contributed by atoms with Crippen molar-refractivity contribution < 1.29 is 4.79 Å². The number of amides is 1. The first-order valence-electron chi connectivity index (χ1n) is 5.08. The fraction of sp³-hybridized carbons (Fsp3) is 0.455. The Morgan fingerprint density at radius 2 is 2.33 bits per heavy atom. The third-order valence-electron chi connectivity index (χ3n) is 1.84. The van der Waals surface area contributed by atoms with E-state index >= 15 is 0 Å². The number of nitrogens with one attached hydrogen (secondary N) is 1. The van der Waals surface area contributed by atoms with E-state index in [0.717, 1.165) is 18.5 Å². The molecule has 1 N–H and O–H groups in total. The fourth-order valence-corrected chi connectivity index (χ4v) is 1.20. The topological polar surface area (TPSA) is 46.9 Å². The molecule has 4 heteroatoms. The molecule has 82 valence electrons. The second-order valence-corrected chi connectivity index (χ2v) is 3.64. The summed E-state index contributed by atoms with van der Waals surface area (Å²) in [5, 5.41) is 6.89. The van der Waals surface area contributed by atoms with E-state index in [2.05, 4.69) is 10.4 Å². The Bertz CT molecular complexity index is 324. The minimum absolute atomic E-state index is 0.0181. The maximum Gasteiger partial charge on any atom is 0.243 e. The Hall–Kier alpha value is -1.58. The molecule has 1 aromatic heterocycles. The van der Waals surface area contributed by atoms with Crippen molar-refractivity contribution in [2.45, 2.75) is 26.8 Å². The number of rotatable bonds is 5. The highest BCUT2D eigenvalue weighted by molar-refractivity contribution is 5.87. The molecule has 1 heterocycles.